The maximum absolute atomic E-state index is 13.6. The maximum atomic E-state index is 13.6. The fourth-order valence-corrected chi connectivity index (χ4v) is 5.91. The second-order valence-corrected chi connectivity index (χ2v) is 11.3. The van der Waals surface area contributed by atoms with Crippen LogP contribution in [0.15, 0.2) is 90.2 Å². The Bertz CT molecular complexity index is 1540. The lowest BCUT2D eigenvalue weighted by molar-refractivity contribution is 0.301. The van der Waals surface area contributed by atoms with E-state index >= 15 is 0 Å². The molecule has 0 amide bonds. The summed E-state index contributed by atoms with van der Waals surface area (Å²) in [5.74, 6) is -0.262. The summed E-state index contributed by atoms with van der Waals surface area (Å²) in [5.41, 5.74) is 7.51. The molecule has 210 valence electrons. The van der Waals surface area contributed by atoms with Crippen LogP contribution in [-0.2, 0) is 16.4 Å². The Balaban J connectivity index is 0.00000370. The number of hydrogen-bond acceptors (Lipinski definition) is 5. The first-order valence-electron chi connectivity index (χ1n) is 12.9. The van der Waals surface area contributed by atoms with Crippen LogP contribution in [0, 0.1) is 5.82 Å². The molecule has 0 aliphatic carbocycles. The minimum atomic E-state index is -3.60. The number of nitrogens with one attached hydrogen (secondary N) is 2. The minimum Gasteiger partial charge on any atom is -0.395 e. The van der Waals surface area contributed by atoms with Crippen LogP contribution < -0.4 is 4.72 Å². The lowest BCUT2D eigenvalue weighted by atomic mass is 9.92. The lowest BCUT2D eigenvalue weighted by Gasteiger charge is -2.26. The molecule has 0 radical (unpaired) electrons. The number of hydrogen-bond donors (Lipinski definition) is 3. The SMILES string of the molecule is Cl.O=S(=O)(NCCO)c1ccc(CCN2CC=C(c3c[nH]c(-c4ccc(F)cc4)c3-c3ccncc3)CC2)cc1. The predicted octanol–water partition coefficient (Wildman–Crippen LogP) is 4.91. The molecule has 0 saturated carbocycles. The van der Waals surface area contributed by atoms with Gasteiger partial charge < -0.3 is 10.1 Å². The van der Waals surface area contributed by atoms with Gasteiger partial charge in [0.15, 0.2) is 0 Å². The number of sulfonamides is 1. The van der Waals surface area contributed by atoms with E-state index in [1.807, 2.05) is 30.5 Å². The van der Waals surface area contributed by atoms with Crippen molar-refractivity contribution >= 4 is 28.0 Å². The van der Waals surface area contributed by atoms with E-state index in [9.17, 15) is 12.8 Å². The zero-order valence-corrected chi connectivity index (χ0v) is 23.5. The third-order valence-electron chi connectivity index (χ3n) is 6.98. The van der Waals surface area contributed by atoms with Gasteiger partial charge in [-0.1, -0.05) is 18.2 Å². The first kappa shape index (κ1) is 29.6. The minimum absolute atomic E-state index is 0. The number of pyridine rings is 1. The first-order chi connectivity index (χ1) is 18.9. The number of nitrogens with zero attached hydrogens (tertiary/aromatic N) is 2. The average molecular weight is 583 g/mol. The highest BCUT2D eigenvalue weighted by Crippen LogP contribution is 2.39. The Morgan fingerprint density at radius 3 is 2.38 bits per heavy atom. The van der Waals surface area contributed by atoms with Crippen LogP contribution in [0.5, 0.6) is 0 Å². The number of aliphatic hydroxyl groups is 1. The van der Waals surface area contributed by atoms with Gasteiger partial charge in [0, 0.05) is 55.9 Å². The molecule has 7 nitrogen and oxygen atoms in total. The van der Waals surface area contributed by atoms with Crippen molar-refractivity contribution in [2.24, 2.45) is 0 Å². The van der Waals surface area contributed by atoms with Gasteiger partial charge in [-0.25, -0.2) is 17.5 Å². The summed E-state index contributed by atoms with van der Waals surface area (Å²) in [6.07, 6.45) is 9.59. The molecule has 3 N–H and O–H groups in total. The van der Waals surface area contributed by atoms with E-state index in [4.69, 9.17) is 5.11 Å². The zero-order chi connectivity index (χ0) is 27.2. The van der Waals surface area contributed by atoms with Crippen molar-refractivity contribution in [3.63, 3.8) is 0 Å². The van der Waals surface area contributed by atoms with Gasteiger partial charge in [-0.05, 0) is 83.6 Å². The Labute approximate surface area is 240 Å². The van der Waals surface area contributed by atoms with Crippen molar-refractivity contribution in [2.45, 2.75) is 17.7 Å². The molecular weight excluding hydrogens is 551 g/mol. The fourth-order valence-electron chi connectivity index (χ4n) is 4.88. The molecule has 0 atom stereocenters. The molecule has 3 heterocycles. The fraction of sp³-hybridized carbons (Fsp3) is 0.233. The van der Waals surface area contributed by atoms with Crippen LogP contribution in [0.25, 0.3) is 28.0 Å². The van der Waals surface area contributed by atoms with E-state index in [1.165, 1.54) is 17.7 Å². The van der Waals surface area contributed by atoms with Gasteiger partial charge in [0.1, 0.15) is 5.82 Å². The number of H-pyrrole nitrogens is 1. The number of aromatic nitrogens is 2. The summed E-state index contributed by atoms with van der Waals surface area (Å²) in [6.45, 7) is 2.35. The highest BCUT2D eigenvalue weighted by molar-refractivity contribution is 7.89. The van der Waals surface area contributed by atoms with Crippen LogP contribution in [0.1, 0.15) is 17.5 Å². The van der Waals surface area contributed by atoms with E-state index in [0.29, 0.717) is 0 Å². The van der Waals surface area contributed by atoms with Crippen molar-refractivity contribution in [1.82, 2.24) is 19.6 Å². The monoisotopic (exact) mass is 582 g/mol. The molecule has 0 bridgehead atoms. The lowest BCUT2D eigenvalue weighted by Crippen LogP contribution is -2.30. The summed E-state index contributed by atoms with van der Waals surface area (Å²) >= 11 is 0. The predicted molar refractivity (Wildman–Crippen MR) is 158 cm³/mol. The number of aromatic amines is 1. The van der Waals surface area contributed by atoms with Crippen molar-refractivity contribution in [3.8, 4) is 22.4 Å². The van der Waals surface area contributed by atoms with Crippen LogP contribution in [-0.4, -0.2) is 61.2 Å². The molecule has 4 aromatic rings. The molecule has 1 aliphatic rings. The quantitative estimate of drug-likeness (QED) is 0.247. The second-order valence-electron chi connectivity index (χ2n) is 9.49. The maximum Gasteiger partial charge on any atom is 0.240 e. The Hall–Kier alpha value is -3.34. The normalized spacial score (nSPS) is 14.0. The van der Waals surface area contributed by atoms with Gasteiger partial charge in [0.25, 0.3) is 0 Å². The van der Waals surface area contributed by atoms with Gasteiger partial charge in [0.05, 0.1) is 17.2 Å². The van der Waals surface area contributed by atoms with E-state index in [1.54, 1.807) is 36.7 Å². The van der Waals surface area contributed by atoms with Crippen LogP contribution in [0.4, 0.5) is 4.39 Å². The standard InChI is InChI=1S/C30H31FN4O3S.ClH/c31-26-5-3-25(4-6-26)30-29(24-9-14-32-15-10-24)28(21-33-30)23-12-18-35(19-13-23)17-11-22-1-7-27(8-2-22)39(37,38)34-16-20-36;/h1-10,12,14-15,21,33-34,36H,11,13,16-20H2;1H. The largest absolute Gasteiger partial charge is 0.395 e. The average Bonchev–Trinajstić information content (AvgIpc) is 3.41. The third kappa shape index (κ3) is 6.86. The van der Waals surface area contributed by atoms with Crippen molar-refractivity contribution in [3.05, 3.63) is 102 Å². The van der Waals surface area contributed by atoms with Gasteiger partial charge >= 0.3 is 0 Å². The molecule has 2 aromatic heterocycles. The van der Waals surface area contributed by atoms with E-state index in [-0.39, 0.29) is 36.3 Å². The number of aliphatic hydroxyl groups excluding tert-OH is 1. The zero-order valence-electron chi connectivity index (χ0n) is 21.9. The number of rotatable bonds is 10. The first-order valence-corrected chi connectivity index (χ1v) is 14.4. The molecule has 40 heavy (non-hydrogen) atoms. The summed E-state index contributed by atoms with van der Waals surface area (Å²) in [7, 11) is -3.60. The van der Waals surface area contributed by atoms with E-state index in [0.717, 1.165) is 66.0 Å². The molecule has 0 saturated heterocycles. The van der Waals surface area contributed by atoms with Crippen molar-refractivity contribution in [2.75, 3.05) is 32.8 Å². The molecular formula is C30H32ClFN4O3S. The van der Waals surface area contributed by atoms with Gasteiger partial charge in [0.2, 0.25) is 10.0 Å². The van der Waals surface area contributed by atoms with Crippen LogP contribution >= 0.6 is 12.4 Å². The Kier molecular flexibility index (Phi) is 9.89. The van der Waals surface area contributed by atoms with Crippen LogP contribution in [0.2, 0.25) is 0 Å². The smallest absolute Gasteiger partial charge is 0.240 e. The number of benzene rings is 2. The van der Waals surface area contributed by atoms with E-state index in [2.05, 4.69) is 25.7 Å². The van der Waals surface area contributed by atoms with Crippen molar-refractivity contribution < 1.29 is 17.9 Å². The highest BCUT2D eigenvalue weighted by Gasteiger charge is 2.21. The Morgan fingerprint density at radius 1 is 1.00 bits per heavy atom. The number of halogens is 2. The van der Waals surface area contributed by atoms with Crippen molar-refractivity contribution in [1.29, 1.82) is 0 Å². The molecule has 0 spiro atoms. The summed E-state index contributed by atoms with van der Waals surface area (Å²) in [4.78, 5) is 10.2. The molecule has 0 unspecified atom stereocenters. The topological polar surface area (TPSA) is 98.3 Å². The summed E-state index contributed by atoms with van der Waals surface area (Å²) in [6, 6.07) is 17.4. The second kappa shape index (κ2) is 13.3. The molecule has 5 rings (SSSR count). The summed E-state index contributed by atoms with van der Waals surface area (Å²) in [5, 5.41) is 8.87. The van der Waals surface area contributed by atoms with Gasteiger partial charge in [-0.15, -0.1) is 12.4 Å². The molecule has 0 fully saturated rings. The molecule has 10 heteroatoms. The molecule has 1 aliphatic heterocycles. The van der Waals surface area contributed by atoms with Gasteiger partial charge in [-0.3, -0.25) is 9.88 Å². The van der Waals surface area contributed by atoms with E-state index < -0.39 is 10.0 Å². The Morgan fingerprint density at radius 2 is 1.73 bits per heavy atom. The summed E-state index contributed by atoms with van der Waals surface area (Å²) < 4.78 is 40.3. The molecule has 2 aromatic carbocycles. The third-order valence-corrected chi connectivity index (χ3v) is 8.45. The van der Waals surface area contributed by atoms with Gasteiger partial charge in [-0.2, -0.15) is 0 Å². The van der Waals surface area contributed by atoms with Crippen LogP contribution in [0.3, 0.4) is 0 Å². The highest BCUT2D eigenvalue weighted by atomic mass is 35.5.